The maximum atomic E-state index is 11.9. The van der Waals surface area contributed by atoms with Crippen molar-refractivity contribution in [3.8, 4) is 0 Å². The Morgan fingerprint density at radius 1 is 0.900 bits per heavy atom. The molecule has 0 heterocycles. The van der Waals surface area contributed by atoms with Gasteiger partial charge in [-0.2, -0.15) is 0 Å². The molecule has 0 amide bonds. The first kappa shape index (κ1) is 16.3. The van der Waals surface area contributed by atoms with Crippen molar-refractivity contribution in [2.45, 2.75) is 83.1 Å². The van der Waals surface area contributed by atoms with Crippen molar-refractivity contribution in [2.75, 3.05) is 6.26 Å². The number of hydrogen-bond donors (Lipinski definition) is 1. The summed E-state index contributed by atoms with van der Waals surface area (Å²) in [4.78, 5) is 0. The Kier molecular flexibility index (Phi) is 4.85. The van der Waals surface area contributed by atoms with E-state index in [0.717, 1.165) is 19.3 Å². The van der Waals surface area contributed by atoms with Crippen molar-refractivity contribution in [1.82, 2.24) is 5.32 Å². The van der Waals surface area contributed by atoms with Gasteiger partial charge in [-0.15, -0.1) is 0 Å². The fourth-order valence-electron chi connectivity index (χ4n) is 4.27. The van der Waals surface area contributed by atoms with Crippen molar-refractivity contribution >= 4 is 9.84 Å². The average Bonchev–Trinajstić information content (AvgIpc) is 2.76. The molecule has 0 aliphatic heterocycles. The van der Waals surface area contributed by atoms with Crippen molar-refractivity contribution < 1.29 is 8.42 Å². The largest absolute Gasteiger partial charge is 0.310 e. The zero-order valence-electron chi connectivity index (χ0n) is 13.5. The average molecular weight is 301 g/mol. The molecule has 4 atom stereocenters. The van der Waals surface area contributed by atoms with Gasteiger partial charge in [0.05, 0.1) is 5.25 Å². The first-order chi connectivity index (χ1) is 9.19. The van der Waals surface area contributed by atoms with Gasteiger partial charge in [0, 0.05) is 18.3 Å². The first-order valence-electron chi connectivity index (χ1n) is 8.14. The normalized spacial score (nSPS) is 36.2. The molecule has 0 radical (unpaired) electrons. The summed E-state index contributed by atoms with van der Waals surface area (Å²) < 4.78 is 23.8. The molecule has 2 rings (SSSR count). The highest BCUT2D eigenvalue weighted by molar-refractivity contribution is 7.91. The third-order valence-electron chi connectivity index (χ3n) is 5.31. The minimum absolute atomic E-state index is 0.162. The van der Waals surface area contributed by atoms with Crippen LogP contribution in [0.3, 0.4) is 0 Å². The van der Waals surface area contributed by atoms with Gasteiger partial charge in [0.25, 0.3) is 0 Å². The van der Waals surface area contributed by atoms with E-state index in [2.05, 4.69) is 26.1 Å². The van der Waals surface area contributed by atoms with E-state index in [1.165, 1.54) is 31.9 Å². The predicted octanol–water partition coefficient (Wildman–Crippen LogP) is 3.15. The summed E-state index contributed by atoms with van der Waals surface area (Å²) in [6.45, 7) is 6.96. The summed E-state index contributed by atoms with van der Waals surface area (Å²) in [5.74, 6) is 0.664. The lowest BCUT2D eigenvalue weighted by Crippen LogP contribution is -2.51. The number of sulfone groups is 1. The van der Waals surface area contributed by atoms with Gasteiger partial charge in [-0.05, 0) is 37.0 Å². The van der Waals surface area contributed by atoms with Gasteiger partial charge in [0.1, 0.15) is 0 Å². The Balaban J connectivity index is 2.07. The van der Waals surface area contributed by atoms with Gasteiger partial charge in [-0.25, -0.2) is 8.42 Å². The Morgan fingerprint density at radius 3 is 2.10 bits per heavy atom. The fourth-order valence-corrected chi connectivity index (χ4v) is 5.68. The topological polar surface area (TPSA) is 46.2 Å². The molecule has 0 aromatic heterocycles. The Morgan fingerprint density at radius 2 is 1.50 bits per heavy atom. The Labute approximate surface area is 124 Å². The van der Waals surface area contributed by atoms with Crippen LogP contribution in [0.2, 0.25) is 0 Å². The molecule has 0 bridgehead atoms. The van der Waals surface area contributed by atoms with E-state index in [4.69, 9.17) is 0 Å². The summed E-state index contributed by atoms with van der Waals surface area (Å²) in [6, 6.07) is 0.675. The zero-order valence-corrected chi connectivity index (χ0v) is 14.3. The standard InChI is InChI=1S/C16H31NO2S/c1-16(2,3)12-8-5-6-9-13(12)17-14-10-7-11-15(14)20(4,18)19/h12-15,17H,5-11H2,1-4H3. The second-order valence-electron chi connectivity index (χ2n) is 7.94. The maximum absolute atomic E-state index is 11.9. The van der Waals surface area contributed by atoms with Crippen LogP contribution in [0, 0.1) is 11.3 Å². The maximum Gasteiger partial charge on any atom is 0.151 e. The van der Waals surface area contributed by atoms with Crippen molar-refractivity contribution in [3.63, 3.8) is 0 Å². The van der Waals surface area contributed by atoms with Crippen molar-refractivity contribution in [2.24, 2.45) is 11.3 Å². The number of nitrogens with one attached hydrogen (secondary N) is 1. The third kappa shape index (κ3) is 3.76. The van der Waals surface area contributed by atoms with E-state index in [1.807, 2.05) is 0 Å². The summed E-state index contributed by atoms with van der Waals surface area (Å²) in [6.07, 6.45) is 9.38. The smallest absolute Gasteiger partial charge is 0.151 e. The molecule has 4 heteroatoms. The van der Waals surface area contributed by atoms with Crippen LogP contribution in [-0.2, 0) is 9.84 Å². The van der Waals surface area contributed by atoms with Crippen LogP contribution in [0.4, 0.5) is 0 Å². The second-order valence-corrected chi connectivity index (χ2v) is 10.2. The Bertz CT molecular complexity index is 424. The SMILES string of the molecule is CC(C)(C)C1CCCCC1NC1CCCC1S(C)(=O)=O. The van der Waals surface area contributed by atoms with Gasteiger partial charge < -0.3 is 5.32 Å². The van der Waals surface area contributed by atoms with E-state index >= 15 is 0 Å². The molecule has 0 aromatic carbocycles. The molecule has 3 nitrogen and oxygen atoms in total. The molecule has 0 spiro atoms. The molecule has 2 aliphatic rings. The van der Waals surface area contributed by atoms with Gasteiger partial charge in [-0.1, -0.05) is 40.0 Å². The summed E-state index contributed by atoms with van der Waals surface area (Å²) in [7, 11) is -2.92. The lowest BCUT2D eigenvalue weighted by atomic mass is 9.69. The van der Waals surface area contributed by atoms with Gasteiger partial charge >= 0.3 is 0 Å². The number of rotatable bonds is 3. The highest BCUT2D eigenvalue weighted by Crippen LogP contribution is 2.39. The molecular weight excluding hydrogens is 270 g/mol. The first-order valence-corrected chi connectivity index (χ1v) is 10.1. The van der Waals surface area contributed by atoms with E-state index in [-0.39, 0.29) is 11.3 Å². The zero-order chi connectivity index (χ0) is 15.0. The van der Waals surface area contributed by atoms with Crippen molar-refractivity contribution in [1.29, 1.82) is 0 Å². The van der Waals surface area contributed by atoms with E-state index in [0.29, 0.717) is 17.4 Å². The van der Waals surface area contributed by atoms with Gasteiger partial charge in [0.2, 0.25) is 0 Å². The minimum Gasteiger partial charge on any atom is -0.310 e. The lowest BCUT2D eigenvalue weighted by molar-refractivity contribution is 0.123. The van der Waals surface area contributed by atoms with Crippen LogP contribution in [-0.4, -0.2) is 32.0 Å². The van der Waals surface area contributed by atoms with Gasteiger partial charge in [0.15, 0.2) is 9.84 Å². The molecule has 20 heavy (non-hydrogen) atoms. The van der Waals surface area contributed by atoms with Crippen molar-refractivity contribution in [3.05, 3.63) is 0 Å². The molecule has 0 aromatic rings. The van der Waals surface area contributed by atoms with Crippen LogP contribution in [0.1, 0.15) is 65.7 Å². The van der Waals surface area contributed by atoms with Gasteiger partial charge in [-0.3, -0.25) is 0 Å². The van der Waals surface area contributed by atoms with E-state index in [1.54, 1.807) is 0 Å². The monoisotopic (exact) mass is 301 g/mol. The van der Waals surface area contributed by atoms with Crippen LogP contribution in [0.5, 0.6) is 0 Å². The van der Waals surface area contributed by atoms with Crippen LogP contribution >= 0.6 is 0 Å². The molecule has 118 valence electrons. The highest BCUT2D eigenvalue weighted by atomic mass is 32.2. The lowest BCUT2D eigenvalue weighted by Gasteiger charge is -2.42. The van der Waals surface area contributed by atoms with Crippen LogP contribution < -0.4 is 5.32 Å². The second kappa shape index (κ2) is 5.96. The predicted molar refractivity (Wildman–Crippen MR) is 84.6 cm³/mol. The van der Waals surface area contributed by atoms with Crippen LogP contribution in [0.25, 0.3) is 0 Å². The molecule has 1 N–H and O–H groups in total. The third-order valence-corrected chi connectivity index (χ3v) is 6.97. The molecular formula is C16H31NO2S. The molecule has 0 saturated heterocycles. The molecule has 2 aliphatic carbocycles. The molecule has 2 saturated carbocycles. The highest BCUT2D eigenvalue weighted by Gasteiger charge is 2.40. The Hall–Kier alpha value is -0.0900. The fraction of sp³-hybridized carbons (Fsp3) is 1.00. The minimum atomic E-state index is -2.92. The molecule has 4 unspecified atom stereocenters. The summed E-state index contributed by atoms with van der Waals surface area (Å²) in [5.41, 5.74) is 0.303. The van der Waals surface area contributed by atoms with E-state index in [9.17, 15) is 8.42 Å². The van der Waals surface area contributed by atoms with Crippen LogP contribution in [0.15, 0.2) is 0 Å². The summed E-state index contributed by atoms with van der Waals surface area (Å²) >= 11 is 0. The quantitative estimate of drug-likeness (QED) is 0.871. The van der Waals surface area contributed by atoms with E-state index < -0.39 is 9.84 Å². The summed E-state index contributed by atoms with van der Waals surface area (Å²) in [5, 5.41) is 3.59. The number of hydrogen-bond acceptors (Lipinski definition) is 3. The molecule has 2 fully saturated rings.